The third-order valence-electron chi connectivity index (χ3n) is 5.22. The van der Waals surface area contributed by atoms with Crippen molar-refractivity contribution in [2.75, 3.05) is 5.73 Å². The van der Waals surface area contributed by atoms with Gasteiger partial charge in [0.25, 0.3) is 11.5 Å². The van der Waals surface area contributed by atoms with Gasteiger partial charge in [0.2, 0.25) is 0 Å². The predicted molar refractivity (Wildman–Crippen MR) is 127 cm³/mol. The van der Waals surface area contributed by atoms with E-state index in [1.165, 1.54) is 10.8 Å². The van der Waals surface area contributed by atoms with Crippen LogP contribution in [0.25, 0.3) is 22.1 Å². The molecule has 0 bridgehead atoms. The van der Waals surface area contributed by atoms with Crippen LogP contribution in [0.5, 0.6) is 0 Å². The van der Waals surface area contributed by atoms with E-state index in [1.807, 2.05) is 62.4 Å². The summed E-state index contributed by atoms with van der Waals surface area (Å²) in [5.41, 5.74) is 14.1. The Balaban J connectivity index is 0.000000172. The lowest BCUT2D eigenvalue weighted by Gasteiger charge is -2.13. The summed E-state index contributed by atoms with van der Waals surface area (Å²) >= 11 is 0. The second kappa shape index (κ2) is 8.91. The van der Waals surface area contributed by atoms with E-state index < -0.39 is 5.91 Å². The standard InChI is InChI=1S/C17H16N2O.C7H7N5O/c1-3-15-18-14-11-7-8-12(2)16(14)17(20)19(15)13-9-5-4-6-10-13;8-6-5(7(9)13)4-1-2-10-3-12(4)11-6/h4-11H,3H2,1-2H3;1-3H,(H2,8,11)(H2,9,13). The van der Waals surface area contributed by atoms with Gasteiger partial charge in [0.15, 0.2) is 5.82 Å². The molecule has 3 aromatic heterocycles. The van der Waals surface area contributed by atoms with Crippen LogP contribution in [-0.2, 0) is 6.42 Å². The monoisotopic (exact) mass is 441 g/mol. The number of aromatic nitrogens is 5. The fraction of sp³-hybridized carbons (Fsp3) is 0.125. The smallest absolute Gasteiger partial charge is 0.266 e. The highest BCUT2D eigenvalue weighted by Gasteiger charge is 2.14. The molecule has 33 heavy (non-hydrogen) atoms. The molecule has 0 saturated heterocycles. The lowest BCUT2D eigenvalue weighted by Crippen LogP contribution is -2.24. The molecule has 0 fully saturated rings. The molecular weight excluding hydrogens is 418 g/mol. The van der Waals surface area contributed by atoms with Crippen molar-refractivity contribution in [2.24, 2.45) is 5.73 Å². The van der Waals surface area contributed by atoms with Crippen molar-refractivity contribution in [2.45, 2.75) is 20.3 Å². The number of hydrogen-bond acceptors (Lipinski definition) is 6. The number of benzene rings is 2. The van der Waals surface area contributed by atoms with E-state index in [2.05, 4.69) is 15.1 Å². The molecule has 0 spiro atoms. The van der Waals surface area contributed by atoms with Crippen LogP contribution in [-0.4, -0.2) is 30.1 Å². The summed E-state index contributed by atoms with van der Waals surface area (Å²) in [6, 6.07) is 17.1. The fourth-order valence-electron chi connectivity index (χ4n) is 3.70. The molecule has 0 saturated carbocycles. The molecule has 166 valence electrons. The number of fused-ring (bicyclic) bond motifs is 2. The molecule has 0 aliphatic rings. The quantitative estimate of drug-likeness (QED) is 0.442. The van der Waals surface area contributed by atoms with Crippen molar-refractivity contribution >= 4 is 28.1 Å². The Labute approximate surface area is 189 Å². The summed E-state index contributed by atoms with van der Waals surface area (Å²) in [6.45, 7) is 3.97. The van der Waals surface area contributed by atoms with Crippen LogP contribution in [0.1, 0.15) is 28.7 Å². The van der Waals surface area contributed by atoms with Crippen molar-refractivity contribution < 1.29 is 4.79 Å². The molecule has 0 radical (unpaired) electrons. The maximum atomic E-state index is 12.9. The Bertz CT molecular complexity index is 1520. The molecule has 2 aromatic carbocycles. The molecule has 3 heterocycles. The Kier molecular flexibility index (Phi) is 5.86. The van der Waals surface area contributed by atoms with Crippen molar-refractivity contribution in [3.63, 3.8) is 0 Å². The van der Waals surface area contributed by atoms with Crippen molar-refractivity contribution in [1.82, 2.24) is 24.1 Å². The number of carbonyl (C=O) groups excluding carboxylic acids is 1. The lowest BCUT2D eigenvalue weighted by molar-refractivity contribution is 0.100. The highest BCUT2D eigenvalue weighted by Crippen LogP contribution is 2.17. The van der Waals surface area contributed by atoms with Crippen LogP contribution >= 0.6 is 0 Å². The fourth-order valence-corrected chi connectivity index (χ4v) is 3.70. The number of nitrogens with zero attached hydrogens (tertiary/aromatic N) is 5. The van der Waals surface area contributed by atoms with Crippen LogP contribution in [0.2, 0.25) is 0 Å². The molecule has 5 aromatic rings. The minimum Gasteiger partial charge on any atom is -0.382 e. The third kappa shape index (κ3) is 4.03. The Morgan fingerprint density at radius 2 is 1.82 bits per heavy atom. The van der Waals surface area contributed by atoms with Gasteiger partial charge >= 0.3 is 0 Å². The zero-order valence-electron chi connectivity index (χ0n) is 18.3. The van der Waals surface area contributed by atoms with Gasteiger partial charge in [0.1, 0.15) is 17.7 Å². The van der Waals surface area contributed by atoms with Crippen LogP contribution < -0.4 is 17.0 Å². The van der Waals surface area contributed by atoms with Crippen LogP contribution in [0, 0.1) is 6.92 Å². The predicted octanol–water partition coefficient (Wildman–Crippen LogP) is 2.67. The average molecular weight is 441 g/mol. The van der Waals surface area contributed by atoms with Gasteiger partial charge in [-0.05, 0) is 36.8 Å². The number of anilines is 1. The zero-order chi connectivity index (χ0) is 23.5. The van der Waals surface area contributed by atoms with Crippen LogP contribution in [0.4, 0.5) is 5.82 Å². The van der Waals surface area contributed by atoms with Crippen molar-refractivity contribution in [3.8, 4) is 5.69 Å². The molecule has 0 aliphatic carbocycles. The van der Waals surface area contributed by atoms with E-state index in [1.54, 1.807) is 16.8 Å². The average Bonchev–Trinajstić information content (AvgIpc) is 3.15. The van der Waals surface area contributed by atoms with E-state index in [0.717, 1.165) is 22.6 Å². The van der Waals surface area contributed by atoms with E-state index in [4.69, 9.17) is 11.5 Å². The number of rotatable bonds is 3. The topological polar surface area (TPSA) is 134 Å². The summed E-state index contributed by atoms with van der Waals surface area (Å²) in [4.78, 5) is 32.3. The molecule has 4 N–H and O–H groups in total. The molecule has 0 unspecified atom stereocenters. The molecule has 5 rings (SSSR count). The Morgan fingerprint density at radius 3 is 2.52 bits per heavy atom. The molecule has 9 heteroatoms. The van der Waals surface area contributed by atoms with Crippen molar-refractivity contribution in [3.05, 3.63) is 94.4 Å². The van der Waals surface area contributed by atoms with Gasteiger partial charge in [0.05, 0.1) is 22.1 Å². The van der Waals surface area contributed by atoms with E-state index in [-0.39, 0.29) is 16.9 Å². The van der Waals surface area contributed by atoms with Gasteiger partial charge in [0, 0.05) is 12.6 Å². The number of aryl methyl sites for hydroxylation is 2. The number of carbonyl (C=O) groups is 1. The number of primary amides is 1. The van der Waals surface area contributed by atoms with Crippen LogP contribution in [0.3, 0.4) is 0 Å². The second-order valence-corrected chi connectivity index (χ2v) is 7.36. The highest BCUT2D eigenvalue weighted by molar-refractivity contribution is 6.04. The maximum Gasteiger partial charge on any atom is 0.266 e. The van der Waals surface area contributed by atoms with Gasteiger partial charge in [-0.25, -0.2) is 14.5 Å². The minimum atomic E-state index is -0.585. The SMILES string of the molecule is CCc1nc2cccc(C)c2c(=O)n1-c1ccccc1.NC(=O)c1c(N)nn2cnccc12. The van der Waals surface area contributed by atoms with Gasteiger partial charge in [-0.3, -0.25) is 14.2 Å². The second-order valence-electron chi connectivity index (χ2n) is 7.36. The lowest BCUT2D eigenvalue weighted by atomic mass is 10.1. The van der Waals surface area contributed by atoms with Crippen LogP contribution in [0.15, 0.2) is 71.9 Å². The van der Waals surface area contributed by atoms with Gasteiger partial charge < -0.3 is 11.5 Å². The first-order valence-corrected chi connectivity index (χ1v) is 10.4. The third-order valence-corrected chi connectivity index (χ3v) is 5.22. The molecule has 9 nitrogen and oxygen atoms in total. The normalized spacial score (nSPS) is 10.7. The summed E-state index contributed by atoms with van der Waals surface area (Å²) < 4.78 is 3.13. The molecule has 0 atom stereocenters. The first-order valence-electron chi connectivity index (χ1n) is 10.4. The summed E-state index contributed by atoms with van der Waals surface area (Å²) in [7, 11) is 0. The van der Waals surface area contributed by atoms with Gasteiger partial charge in [-0.2, -0.15) is 0 Å². The van der Waals surface area contributed by atoms with E-state index in [9.17, 15) is 9.59 Å². The number of nitrogens with two attached hydrogens (primary N) is 2. The zero-order valence-corrected chi connectivity index (χ0v) is 18.3. The largest absolute Gasteiger partial charge is 0.382 e. The van der Waals surface area contributed by atoms with Gasteiger partial charge in [-0.15, -0.1) is 5.10 Å². The number of nitrogen functional groups attached to an aromatic ring is 1. The van der Waals surface area contributed by atoms with E-state index >= 15 is 0 Å². The Morgan fingerprint density at radius 1 is 1.06 bits per heavy atom. The molecular formula is C24H23N7O2. The van der Waals surface area contributed by atoms with Crippen molar-refractivity contribution in [1.29, 1.82) is 0 Å². The molecule has 1 amide bonds. The molecule has 0 aliphatic heterocycles. The maximum absolute atomic E-state index is 12.9. The summed E-state index contributed by atoms with van der Waals surface area (Å²) in [5, 5.41) is 4.57. The Hall–Kier alpha value is -4.53. The summed E-state index contributed by atoms with van der Waals surface area (Å²) in [6.07, 6.45) is 3.72. The van der Waals surface area contributed by atoms with Gasteiger partial charge in [-0.1, -0.05) is 37.3 Å². The number of amides is 1. The van der Waals surface area contributed by atoms with E-state index in [0.29, 0.717) is 17.3 Å². The number of para-hydroxylation sites is 1. The first kappa shape index (κ1) is 21.7. The first-order chi connectivity index (χ1) is 15.9. The number of hydrogen-bond donors (Lipinski definition) is 2. The summed E-state index contributed by atoms with van der Waals surface area (Å²) in [5.74, 6) is 0.332. The minimum absolute atomic E-state index is 0.0103. The highest BCUT2D eigenvalue weighted by atomic mass is 16.1.